The van der Waals surface area contributed by atoms with Gasteiger partial charge in [0, 0.05) is 6.07 Å². The standard InChI is InChI=1S/C20H21F3O/c1-14-5-7-15(8-6-14)16-9-11-17(12-10-16)20(22,23)24-19-4-2-3-18(21)13-19/h2-4,9-15H,5-8H2,1H3. The average molecular weight is 334 g/mol. The molecule has 2 aromatic carbocycles. The van der Waals surface area contributed by atoms with Gasteiger partial charge in [0.1, 0.15) is 11.6 Å². The van der Waals surface area contributed by atoms with Crippen molar-refractivity contribution in [3.8, 4) is 5.75 Å². The van der Waals surface area contributed by atoms with Gasteiger partial charge in [0.2, 0.25) is 0 Å². The van der Waals surface area contributed by atoms with Crippen LogP contribution < -0.4 is 4.74 Å². The highest BCUT2D eigenvalue weighted by Crippen LogP contribution is 2.37. The molecule has 0 atom stereocenters. The number of hydrogen-bond acceptors (Lipinski definition) is 1. The summed E-state index contributed by atoms with van der Waals surface area (Å²) in [4.78, 5) is 0. The Kier molecular flexibility index (Phi) is 4.83. The molecule has 1 nitrogen and oxygen atoms in total. The summed E-state index contributed by atoms with van der Waals surface area (Å²) in [7, 11) is 0. The normalized spacial score (nSPS) is 21.5. The predicted molar refractivity (Wildman–Crippen MR) is 87.7 cm³/mol. The van der Waals surface area contributed by atoms with E-state index in [0.717, 1.165) is 30.4 Å². The van der Waals surface area contributed by atoms with Crippen LogP contribution in [0.5, 0.6) is 5.75 Å². The van der Waals surface area contributed by atoms with E-state index in [2.05, 4.69) is 6.92 Å². The van der Waals surface area contributed by atoms with Gasteiger partial charge in [-0.15, -0.1) is 0 Å². The second-order valence-corrected chi connectivity index (χ2v) is 6.66. The van der Waals surface area contributed by atoms with Gasteiger partial charge in [-0.2, -0.15) is 8.78 Å². The number of ether oxygens (including phenoxy) is 1. The van der Waals surface area contributed by atoms with Crippen LogP contribution in [-0.4, -0.2) is 0 Å². The summed E-state index contributed by atoms with van der Waals surface area (Å²) in [6.45, 7) is 2.25. The molecule has 0 saturated heterocycles. The van der Waals surface area contributed by atoms with Gasteiger partial charge >= 0.3 is 6.11 Å². The lowest BCUT2D eigenvalue weighted by Gasteiger charge is -2.27. The van der Waals surface area contributed by atoms with Crippen LogP contribution in [0.1, 0.15) is 49.7 Å². The number of alkyl halides is 2. The van der Waals surface area contributed by atoms with E-state index in [1.165, 1.54) is 43.2 Å². The van der Waals surface area contributed by atoms with Crippen LogP contribution in [0, 0.1) is 11.7 Å². The Morgan fingerprint density at radius 1 is 0.958 bits per heavy atom. The molecule has 0 aromatic heterocycles. The zero-order valence-corrected chi connectivity index (χ0v) is 13.6. The number of rotatable bonds is 4. The monoisotopic (exact) mass is 334 g/mol. The molecule has 2 aromatic rings. The fourth-order valence-corrected chi connectivity index (χ4v) is 3.28. The van der Waals surface area contributed by atoms with E-state index in [1.807, 2.05) is 0 Å². The molecular weight excluding hydrogens is 313 g/mol. The molecule has 0 unspecified atom stereocenters. The van der Waals surface area contributed by atoms with Gasteiger partial charge in [-0.05, 0) is 54.5 Å². The molecular formula is C20H21F3O. The first-order valence-corrected chi connectivity index (χ1v) is 8.37. The second-order valence-electron chi connectivity index (χ2n) is 6.66. The first-order valence-electron chi connectivity index (χ1n) is 8.37. The van der Waals surface area contributed by atoms with E-state index in [4.69, 9.17) is 4.74 Å². The molecule has 0 aliphatic heterocycles. The maximum Gasteiger partial charge on any atom is 0.426 e. The zero-order valence-electron chi connectivity index (χ0n) is 13.6. The average Bonchev–Trinajstić information content (AvgIpc) is 2.55. The summed E-state index contributed by atoms with van der Waals surface area (Å²) in [5.41, 5.74) is 0.881. The van der Waals surface area contributed by atoms with Gasteiger partial charge < -0.3 is 4.74 Å². The number of halogens is 3. The van der Waals surface area contributed by atoms with Gasteiger partial charge in [0.25, 0.3) is 0 Å². The fourth-order valence-electron chi connectivity index (χ4n) is 3.28. The minimum absolute atomic E-state index is 0.189. The predicted octanol–water partition coefficient (Wildman–Crippen LogP) is 6.25. The first kappa shape index (κ1) is 16.9. The lowest BCUT2D eigenvalue weighted by molar-refractivity contribution is -0.185. The highest BCUT2D eigenvalue weighted by Gasteiger charge is 2.34. The molecule has 4 heteroatoms. The smallest absolute Gasteiger partial charge is 0.426 e. The van der Waals surface area contributed by atoms with Crippen molar-refractivity contribution in [3.63, 3.8) is 0 Å². The van der Waals surface area contributed by atoms with Crippen molar-refractivity contribution >= 4 is 0 Å². The van der Waals surface area contributed by atoms with E-state index < -0.39 is 11.9 Å². The maximum absolute atomic E-state index is 14.3. The molecule has 1 saturated carbocycles. The molecule has 1 fully saturated rings. The van der Waals surface area contributed by atoms with Crippen molar-refractivity contribution in [2.45, 2.75) is 44.6 Å². The lowest BCUT2D eigenvalue weighted by Crippen LogP contribution is -2.22. The number of hydrogen-bond donors (Lipinski definition) is 0. The molecule has 128 valence electrons. The van der Waals surface area contributed by atoms with Crippen LogP contribution in [-0.2, 0) is 6.11 Å². The molecule has 0 N–H and O–H groups in total. The second kappa shape index (κ2) is 6.88. The molecule has 3 rings (SSSR count). The van der Waals surface area contributed by atoms with E-state index in [-0.39, 0.29) is 11.3 Å². The van der Waals surface area contributed by atoms with Crippen molar-refractivity contribution in [2.24, 2.45) is 5.92 Å². The number of benzene rings is 2. The summed E-state index contributed by atoms with van der Waals surface area (Å²) in [5.74, 6) is 0.410. The van der Waals surface area contributed by atoms with Crippen molar-refractivity contribution in [3.05, 3.63) is 65.5 Å². The molecule has 1 aliphatic rings. The van der Waals surface area contributed by atoms with Crippen molar-refractivity contribution < 1.29 is 17.9 Å². The summed E-state index contributed by atoms with van der Waals surface area (Å²) in [6.07, 6.45) is 1.09. The van der Waals surface area contributed by atoms with Gasteiger partial charge in [0.15, 0.2) is 0 Å². The summed E-state index contributed by atoms with van der Waals surface area (Å²) in [5, 5.41) is 0. The first-order chi connectivity index (χ1) is 11.4. The third kappa shape index (κ3) is 3.92. The van der Waals surface area contributed by atoms with E-state index >= 15 is 0 Å². The highest BCUT2D eigenvalue weighted by atomic mass is 19.3. The Labute approximate surface area is 140 Å². The van der Waals surface area contributed by atoms with Gasteiger partial charge in [-0.1, -0.05) is 38.0 Å². The molecule has 0 radical (unpaired) electrons. The minimum atomic E-state index is -3.49. The van der Waals surface area contributed by atoms with Crippen LogP contribution >= 0.6 is 0 Å². The Bertz CT molecular complexity index is 674. The largest absolute Gasteiger partial charge is 0.429 e. The van der Waals surface area contributed by atoms with E-state index in [0.29, 0.717) is 5.92 Å². The Morgan fingerprint density at radius 3 is 2.25 bits per heavy atom. The van der Waals surface area contributed by atoms with Crippen LogP contribution in [0.2, 0.25) is 0 Å². The van der Waals surface area contributed by atoms with Crippen LogP contribution in [0.3, 0.4) is 0 Å². The Morgan fingerprint density at radius 2 is 1.62 bits per heavy atom. The zero-order chi connectivity index (χ0) is 17.2. The van der Waals surface area contributed by atoms with Crippen LogP contribution in [0.15, 0.2) is 48.5 Å². The molecule has 24 heavy (non-hydrogen) atoms. The van der Waals surface area contributed by atoms with Crippen LogP contribution in [0.25, 0.3) is 0 Å². The van der Waals surface area contributed by atoms with Crippen LogP contribution in [0.4, 0.5) is 13.2 Å². The van der Waals surface area contributed by atoms with E-state index in [9.17, 15) is 13.2 Å². The summed E-state index contributed by atoms with van der Waals surface area (Å²) < 4.78 is 46.3. The van der Waals surface area contributed by atoms with E-state index in [1.54, 1.807) is 12.1 Å². The molecule has 0 heterocycles. The molecule has 0 bridgehead atoms. The topological polar surface area (TPSA) is 9.23 Å². The molecule has 0 amide bonds. The van der Waals surface area contributed by atoms with Gasteiger partial charge in [-0.25, -0.2) is 4.39 Å². The van der Waals surface area contributed by atoms with Crippen molar-refractivity contribution in [1.29, 1.82) is 0 Å². The minimum Gasteiger partial charge on any atom is -0.429 e. The third-order valence-corrected chi connectivity index (χ3v) is 4.78. The van der Waals surface area contributed by atoms with Crippen molar-refractivity contribution in [2.75, 3.05) is 0 Å². The molecule has 1 aliphatic carbocycles. The maximum atomic E-state index is 14.3. The highest BCUT2D eigenvalue weighted by molar-refractivity contribution is 5.29. The van der Waals surface area contributed by atoms with Gasteiger partial charge in [-0.3, -0.25) is 0 Å². The van der Waals surface area contributed by atoms with Gasteiger partial charge in [0.05, 0.1) is 5.56 Å². The SMILES string of the molecule is CC1CCC(c2ccc(C(F)(F)Oc3cccc(F)c3)cc2)CC1. The van der Waals surface area contributed by atoms with Crippen molar-refractivity contribution in [1.82, 2.24) is 0 Å². The lowest BCUT2D eigenvalue weighted by atomic mass is 9.79. The summed E-state index contributed by atoms with van der Waals surface area (Å²) >= 11 is 0. The fraction of sp³-hybridized carbons (Fsp3) is 0.400. The Balaban J connectivity index is 1.72. The Hall–Kier alpha value is -1.97. The third-order valence-electron chi connectivity index (χ3n) is 4.78. The molecule has 0 spiro atoms. The summed E-state index contributed by atoms with van der Waals surface area (Å²) in [6, 6.07) is 11.1. The quantitative estimate of drug-likeness (QED) is 0.642.